The number of carbonyl (C=O) groups is 2. The first-order valence-corrected chi connectivity index (χ1v) is 12.4. The lowest BCUT2D eigenvalue weighted by molar-refractivity contribution is -0.132. The predicted octanol–water partition coefficient (Wildman–Crippen LogP) is 5.27. The van der Waals surface area contributed by atoms with Crippen LogP contribution in [0.4, 0.5) is 5.00 Å². The van der Waals surface area contributed by atoms with Gasteiger partial charge in [-0.2, -0.15) is 5.26 Å². The van der Waals surface area contributed by atoms with Gasteiger partial charge in [0.15, 0.2) is 0 Å². The molecule has 2 amide bonds. The Morgan fingerprint density at radius 1 is 1.14 bits per heavy atom. The molecule has 0 radical (unpaired) electrons. The number of anilines is 1. The van der Waals surface area contributed by atoms with E-state index < -0.39 is 0 Å². The highest BCUT2D eigenvalue weighted by molar-refractivity contribution is 7.16. The largest absolute Gasteiger partial charge is 0.361 e. The molecule has 2 N–H and O–H groups in total. The van der Waals surface area contributed by atoms with Gasteiger partial charge in [0.1, 0.15) is 11.1 Å². The lowest BCUT2D eigenvalue weighted by atomic mass is 10.0. The summed E-state index contributed by atoms with van der Waals surface area (Å²) in [5, 5.41) is 14.3. The summed E-state index contributed by atoms with van der Waals surface area (Å²) >= 11 is 1.39. The number of para-hydroxylation sites is 1. The molecule has 5 rings (SSSR count). The molecule has 7 heteroatoms. The Hall–Kier alpha value is -4.15. The number of hydrogen-bond acceptors (Lipinski definition) is 4. The molecule has 174 valence electrons. The Morgan fingerprint density at radius 2 is 1.94 bits per heavy atom. The smallest absolute Gasteiger partial charge is 0.249 e. The van der Waals surface area contributed by atoms with Crippen LogP contribution in [0.2, 0.25) is 0 Å². The summed E-state index contributed by atoms with van der Waals surface area (Å²) < 4.78 is 0. The minimum absolute atomic E-state index is 0.101. The molecular weight excluding hydrogens is 456 g/mol. The molecule has 1 aliphatic heterocycles. The number of benzene rings is 2. The van der Waals surface area contributed by atoms with Crippen LogP contribution >= 0.6 is 11.3 Å². The number of amides is 2. The average molecular weight is 481 g/mol. The quantitative estimate of drug-likeness (QED) is 0.369. The van der Waals surface area contributed by atoms with Crippen LogP contribution in [0.25, 0.3) is 17.0 Å². The fourth-order valence-electron chi connectivity index (χ4n) is 4.45. The summed E-state index contributed by atoms with van der Waals surface area (Å²) in [6.45, 7) is 1.05. The molecule has 2 aromatic heterocycles. The Kier molecular flexibility index (Phi) is 6.47. The lowest BCUT2D eigenvalue weighted by Crippen LogP contribution is -2.35. The lowest BCUT2D eigenvalue weighted by Gasteiger charge is -2.27. The van der Waals surface area contributed by atoms with Crippen LogP contribution in [0.5, 0.6) is 0 Å². The minimum Gasteiger partial charge on any atom is -0.361 e. The molecule has 0 atom stereocenters. The molecule has 0 bridgehead atoms. The Bertz CT molecular complexity index is 1460. The van der Waals surface area contributed by atoms with E-state index in [0.717, 1.165) is 32.5 Å². The van der Waals surface area contributed by atoms with Gasteiger partial charge in [-0.25, -0.2) is 0 Å². The number of rotatable bonds is 6. The van der Waals surface area contributed by atoms with E-state index in [4.69, 9.17) is 0 Å². The number of nitriles is 1. The number of fused-ring (bicyclic) bond motifs is 2. The van der Waals surface area contributed by atoms with Crippen LogP contribution < -0.4 is 5.32 Å². The van der Waals surface area contributed by atoms with E-state index in [-0.39, 0.29) is 11.8 Å². The number of aromatic nitrogens is 1. The van der Waals surface area contributed by atoms with E-state index in [2.05, 4.69) is 22.4 Å². The molecule has 4 aromatic rings. The topological polar surface area (TPSA) is 89.0 Å². The number of aromatic amines is 1. The second kappa shape index (κ2) is 10.00. The van der Waals surface area contributed by atoms with Gasteiger partial charge in [0.2, 0.25) is 11.8 Å². The monoisotopic (exact) mass is 480 g/mol. The number of aryl methyl sites for hydroxylation is 1. The second-order valence-corrected chi connectivity index (χ2v) is 9.58. The van der Waals surface area contributed by atoms with Gasteiger partial charge >= 0.3 is 0 Å². The molecular formula is C28H24N4O2S. The van der Waals surface area contributed by atoms with Crippen LogP contribution in [0.3, 0.4) is 0 Å². The van der Waals surface area contributed by atoms with Crippen molar-refractivity contribution in [2.75, 3.05) is 11.9 Å². The normalized spacial score (nSPS) is 13.1. The van der Waals surface area contributed by atoms with Crippen molar-refractivity contribution in [3.63, 3.8) is 0 Å². The number of nitrogens with one attached hydrogen (secondary N) is 2. The van der Waals surface area contributed by atoms with Gasteiger partial charge in [0.05, 0.1) is 12.1 Å². The van der Waals surface area contributed by atoms with Crippen molar-refractivity contribution in [3.8, 4) is 6.07 Å². The first kappa shape index (κ1) is 22.6. The zero-order chi connectivity index (χ0) is 24.2. The maximum absolute atomic E-state index is 13.0. The third-order valence-electron chi connectivity index (χ3n) is 6.27. The maximum Gasteiger partial charge on any atom is 0.249 e. The van der Waals surface area contributed by atoms with E-state index >= 15 is 0 Å². The van der Waals surface area contributed by atoms with Gasteiger partial charge in [-0.3, -0.25) is 9.59 Å². The average Bonchev–Trinajstić information content (AvgIpc) is 3.46. The maximum atomic E-state index is 13.0. The highest BCUT2D eigenvalue weighted by Crippen LogP contribution is 2.37. The molecule has 35 heavy (non-hydrogen) atoms. The van der Waals surface area contributed by atoms with E-state index in [1.54, 1.807) is 6.08 Å². The zero-order valence-electron chi connectivity index (χ0n) is 19.1. The minimum atomic E-state index is -0.282. The van der Waals surface area contributed by atoms with E-state index in [1.807, 2.05) is 59.6 Å². The summed E-state index contributed by atoms with van der Waals surface area (Å²) in [7, 11) is 0. The van der Waals surface area contributed by atoms with Crippen molar-refractivity contribution < 1.29 is 9.59 Å². The molecule has 0 aliphatic carbocycles. The summed E-state index contributed by atoms with van der Waals surface area (Å²) in [6, 6.07) is 19.9. The number of thiophene rings is 1. The van der Waals surface area contributed by atoms with E-state index in [0.29, 0.717) is 42.9 Å². The van der Waals surface area contributed by atoms with Crippen molar-refractivity contribution in [1.82, 2.24) is 9.88 Å². The SMILES string of the molecule is N#Cc1c(NC(=O)C=Cc2ccccc2)sc2c1CCN(C(=O)CCc1c[nH]c3ccccc13)C2. The van der Waals surface area contributed by atoms with Crippen LogP contribution in [0, 0.1) is 11.3 Å². The highest BCUT2D eigenvalue weighted by Gasteiger charge is 2.27. The first-order chi connectivity index (χ1) is 17.1. The Labute approximate surface area is 207 Å². The molecule has 0 unspecified atom stereocenters. The summed E-state index contributed by atoms with van der Waals surface area (Å²) in [5.74, 6) is -0.181. The highest BCUT2D eigenvalue weighted by atomic mass is 32.1. The third-order valence-corrected chi connectivity index (χ3v) is 7.40. The summed E-state index contributed by atoms with van der Waals surface area (Å²) in [6.07, 6.45) is 6.91. The van der Waals surface area contributed by atoms with Gasteiger partial charge in [-0.15, -0.1) is 11.3 Å². The van der Waals surface area contributed by atoms with Crippen LogP contribution in [-0.2, 0) is 29.0 Å². The molecule has 0 spiro atoms. The van der Waals surface area contributed by atoms with Crippen molar-refractivity contribution in [1.29, 1.82) is 5.26 Å². The Balaban J connectivity index is 1.24. The van der Waals surface area contributed by atoms with Crippen LogP contribution in [0.1, 0.15) is 33.6 Å². The number of H-pyrrole nitrogens is 1. The molecule has 2 aromatic carbocycles. The van der Waals surface area contributed by atoms with Gasteiger partial charge in [-0.05, 0) is 41.7 Å². The van der Waals surface area contributed by atoms with E-state index in [1.165, 1.54) is 17.4 Å². The Morgan fingerprint density at radius 3 is 2.77 bits per heavy atom. The molecule has 1 aliphatic rings. The van der Waals surface area contributed by atoms with Gasteiger partial charge in [-0.1, -0.05) is 48.5 Å². The zero-order valence-corrected chi connectivity index (χ0v) is 19.9. The van der Waals surface area contributed by atoms with Crippen molar-refractivity contribution in [2.45, 2.75) is 25.8 Å². The standard InChI is InChI=1S/C28H24N4O2S/c29-16-23-22-14-15-32(27(34)13-11-20-17-30-24-9-5-4-8-21(20)24)18-25(22)35-28(23)31-26(33)12-10-19-6-2-1-3-7-19/h1-10,12,17,30H,11,13-15,18H2,(H,31,33). The fourth-order valence-corrected chi connectivity index (χ4v) is 5.67. The molecule has 0 fully saturated rings. The van der Waals surface area contributed by atoms with Crippen molar-refractivity contribution in [2.24, 2.45) is 0 Å². The summed E-state index contributed by atoms with van der Waals surface area (Å²) in [5.41, 5.74) is 4.60. The van der Waals surface area contributed by atoms with Crippen LogP contribution in [-0.4, -0.2) is 28.2 Å². The molecule has 6 nitrogen and oxygen atoms in total. The number of hydrogen-bond donors (Lipinski definition) is 2. The van der Waals surface area contributed by atoms with Crippen molar-refractivity contribution >= 4 is 45.1 Å². The second-order valence-electron chi connectivity index (χ2n) is 8.48. The van der Waals surface area contributed by atoms with E-state index in [9.17, 15) is 14.9 Å². The summed E-state index contributed by atoms with van der Waals surface area (Å²) in [4.78, 5) is 31.5. The van der Waals surface area contributed by atoms with Crippen LogP contribution in [0.15, 0.2) is 66.9 Å². The fraction of sp³-hybridized carbons (Fsp3) is 0.179. The molecule has 3 heterocycles. The first-order valence-electron chi connectivity index (χ1n) is 11.5. The number of nitrogens with zero attached hydrogens (tertiary/aromatic N) is 2. The van der Waals surface area contributed by atoms with Gasteiger partial charge in [0, 0.05) is 41.0 Å². The predicted molar refractivity (Wildman–Crippen MR) is 139 cm³/mol. The molecule has 0 saturated heterocycles. The molecule has 0 saturated carbocycles. The number of carbonyl (C=O) groups excluding carboxylic acids is 2. The van der Waals surface area contributed by atoms with Gasteiger partial charge in [0.25, 0.3) is 0 Å². The van der Waals surface area contributed by atoms with Gasteiger partial charge < -0.3 is 15.2 Å². The van der Waals surface area contributed by atoms with Crippen molar-refractivity contribution in [3.05, 3.63) is 94.0 Å². The third kappa shape index (κ3) is 4.88.